The highest BCUT2D eigenvalue weighted by Crippen LogP contribution is 2.52. The molecular formula is C50H55BN2O3. The van der Waals surface area contributed by atoms with E-state index >= 15 is 0 Å². The Bertz CT molecular complexity index is 2620. The standard InChI is InChI=1S/C50H55BN2O3/c1-27-19-38-42-39(20-27)53(43-28(2)21-34(22-29(43)3)50(12,13)14)45-35-24-32(48(6,7)8)16-18-40(35)56-47(45)51(42)36-25-33(49(9,10)11)15-17-37(36)52(38)44-30(4)23-41-46(31(44)5)55-26-54-41/h15-25H,26H2,1-14H3. The summed E-state index contributed by atoms with van der Waals surface area (Å²) in [5.41, 5.74) is 21.2. The molecule has 0 saturated carbocycles. The molecule has 4 heterocycles. The van der Waals surface area contributed by atoms with Crippen LogP contribution in [0.15, 0.2) is 71.1 Å². The second kappa shape index (κ2) is 12.0. The normalized spacial score (nSPS) is 14.7. The van der Waals surface area contributed by atoms with E-state index in [1.165, 1.54) is 61.4 Å². The van der Waals surface area contributed by atoms with E-state index in [1.54, 1.807) is 0 Å². The van der Waals surface area contributed by atoms with Crippen LogP contribution in [0.5, 0.6) is 11.5 Å². The molecule has 0 saturated heterocycles. The van der Waals surface area contributed by atoms with Gasteiger partial charge in [-0.1, -0.05) is 92.6 Å². The Morgan fingerprint density at radius 2 is 1.14 bits per heavy atom. The minimum atomic E-state index is -0.130. The topological polar surface area (TPSA) is 38.1 Å². The van der Waals surface area contributed by atoms with E-state index in [2.05, 4.69) is 173 Å². The highest BCUT2D eigenvalue weighted by Gasteiger charge is 2.48. The quantitative estimate of drug-likeness (QED) is 0.165. The molecule has 286 valence electrons. The summed E-state index contributed by atoms with van der Waals surface area (Å²) < 4.78 is 19.3. The Balaban J connectivity index is 1.44. The minimum Gasteiger partial charge on any atom is -0.468 e. The molecule has 9 rings (SSSR count). The molecule has 5 nitrogen and oxygen atoms in total. The van der Waals surface area contributed by atoms with E-state index in [0.29, 0.717) is 0 Å². The van der Waals surface area contributed by atoms with Crippen LogP contribution in [0.2, 0.25) is 0 Å². The van der Waals surface area contributed by atoms with Crippen LogP contribution in [0.3, 0.4) is 0 Å². The molecule has 0 fully saturated rings. The molecule has 0 aliphatic carbocycles. The predicted octanol–water partition coefficient (Wildman–Crippen LogP) is 11.7. The van der Waals surface area contributed by atoms with Crippen molar-refractivity contribution in [1.29, 1.82) is 0 Å². The Hall–Kier alpha value is -5.10. The van der Waals surface area contributed by atoms with E-state index in [0.717, 1.165) is 56.3 Å². The first kappa shape index (κ1) is 36.5. The van der Waals surface area contributed by atoms with Crippen molar-refractivity contribution in [3.63, 3.8) is 0 Å². The van der Waals surface area contributed by atoms with E-state index in [9.17, 15) is 0 Å². The molecule has 5 aromatic carbocycles. The summed E-state index contributed by atoms with van der Waals surface area (Å²) in [6, 6.07) is 25.7. The van der Waals surface area contributed by atoms with Crippen molar-refractivity contribution in [2.75, 3.05) is 16.6 Å². The minimum absolute atomic E-state index is 0.0218. The first-order valence-electron chi connectivity index (χ1n) is 20.2. The van der Waals surface area contributed by atoms with Crippen LogP contribution in [0, 0.1) is 34.6 Å². The molecule has 0 bridgehead atoms. The zero-order valence-electron chi connectivity index (χ0n) is 35.8. The lowest BCUT2D eigenvalue weighted by Gasteiger charge is -2.44. The molecule has 0 atom stereocenters. The summed E-state index contributed by atoms with van der Waals surface area (Å²) in [6.45, 7) is 32.0. The van der Waals surface area contributed by atoms with E-state index in [1.807, 2.05) is 0 Å². The molecule has 0 N–H and O–H groups in total. The van der Waals surface area contributed by atoms with Crippen LogP contribution in [-0.4, -0.2) is 13.5 Å². The number of rotatable bonds is 2. The molecule has 1 aromatic heterocycles. The van der Waals surface area contributed by atoms with Gasteiger partial charge in [-0.15, -0.1) is 0 Å². The Labute approximate surface area is 333 Å². The highest BCUT2D eigenvalue weighted by molar-refractivity contribution is 7.00. The molecule has 6 heteroatoms. The molecule has 56 heavy (non-hydrogen) atoms. The fourth-order valence-electron chi connectivity index (χ4n) is 9.47. The van der Waals surface area contributed by atoms with Gasteiger partial charge < -0.3 is 23.7 Å². The van der Waals surface area contributed by atoms with Gasteiger partial charge in [0.25, 0.3) is 6.71 Å². The van der Waals surface area contributed by atoms with Gasteiger partial charge in [0.05, 0.1) is 22.7 Å². The zero-order chi connectivity index (χ0) is 40.0. The van der Waals surface area contributed by atoms with Crippen molar-refractivity contribution >= 4 is 68.4 Å². The summed E-state index contributed by atoms with van der Waals surface area (Å²) in [5, 5.41) is 1.15. The van der Waals surface area contributed by atoms with Crippen molar-refractivity contribution in [2.45, 2.75) is 113 Å². The van der Waals surface area contributed by atoms with Gasteiger partial charge in [-0.25, -0.2) is 0 Å². The lowest BCUT2D eigenvalue weighted by atomic mass is 9.35. The van der Waals surface area contributed by atoms with Gasteiger partial charge in [0.15, 0.2) is 11.5 Å². The van der Waals surface area contributed by atoms with Gasteiger partial charge in [0.2, 0.25) is 6.79 Å². The average molecular weight is 743 g/mol. The van der Waals surface area contributed by atoms with Gasteiger partial charge in [-0.05, 0) is 137 Å². The third-order valence-corrected chi connectivity index (χ3v) is 12.4. The number of benzene rings is 5. The lowest BCUT2D eigenvalue weighted by Crippen LogP contribution is -2.61. The van der Waals surface area contributed by atoms with Crippen molar-refractivity contribution in [2.24, 2.45) is 0 Å². The van der Waals surface area contributed by atoms with Crippen LogP contribution >= 0.6 is 0 Å². The van der Waals surface area contributed by atoms with E-state index in [4.69, 9.17) is 13.9 Å². The summed E-state index contributed by atoms with van der Waals surface area (Å²) in [5.74, 6) is 1.63. The molecule has 0 spiro atoms. The third kappa shape index (κ3) is 5.34. The fraction of sp³-hybridized carbons (Fsp3) is 0.360. The van der Waals surface area contributed by atoms with Gasteiger partial charge in [0, 0.05) is 28.0 Å². The van der Waals surface area contributed by atoms with Crippen LogP contribution in [-0.2, 0) is 16.2 Å². The fourth-order valence-corrected chi connectivity index (χ4v) is 9.47. The maximum atomic E-state index is 7.28. The second-order valence-corrected chi connectivity index (χ2v) is 19.7. The maximum Gasteiger partial charge on any atom is 0.297 e. The number of fused-ring (bicyclic) bond motifs is 7. The number of furan rings is 1. The van der Waals surface area contributed by atoms with Gasteiger partial charge in [-0.3, -0.25) is 0 Å². The third-order valence-electron chi connectivity index (χ3n) is 12.4. The van der Waals surface area contributed by atoms with Crippen molar-refractivity contribution in [3.8, 4) is 11.5 Å². The average Bonchev–Trinajstić information content (AvgIpc) is 3.73. The number of nitrogens with zero attached hydrogens (tertiary/aromatic N) is 2. The van der Waals surface area contributed by atoms with E-state index < -0.39 is 0 Å². The molecule has 3 aliphatic rings. The van der Waals surface area contributed by atoms with Crippen LogP contribution in [0.4, 0.5) is 34.1 Å². The molecule has 0 unspecified atom stereocenters. The molecule has 3 aliphatic heterocycles. The van der Waals surface area contributed by atoms with Crippen molar-refractivity contribution in [1.82, 2.24) is 0 Å². The van der Waals surface area contributed by atoms with Gasteiger partial charge in [0.1, 0.15) is 5.58 Å². The molecule has 0 amide bonds. The number of hydrogen-bond donors (Lipinski definition) is 0. The lowest BCUT2D eigenvalue weighted by molar-refractivity contribution is 0.173. The Morgan fingerprint density at radius 3 is 1.79 bits per heavy atom. The Kier molecular flexibility index (Phi) is 7.80. The second-order valence-electron chi connectivity index (χ2n) is 19.7. The van der Waals surface area contributed by atoms with Crippen molar-refractivity contribution in [3.05, 3.63) is 111 Å². The zero-order valence-corrected chi connectivity index (χ0v) is 35.8. The number of ether oxygens (including phenoxy) is 2. The van der Waals surface area contributed by atoms with Crippen molar-refractivity contribution < 1.29 is 13.9 Å². The summed E-state index contributed by atoms with van der Waals surface area (Å²) in [4.78, 5) is 5.06. The molecular weight excluding hydrogens is 687 g/mol. The maximum absolute atomic E-state index is 7.28. The smallest absolute Gasteiger partial charge is 0.297 e. The first-order chi connectivity index (χ1) is 26.2. The SMILES string of the molecule is Cc1cc2c3c(c1)N(c1c(C)cc(C(C)(C)C)cc1C)c1c(oc4ccc(C(C)(C)C)cc14)B3c1cc(C(C)(C)C)ccc1N2c1c(C)cc2c(c1C)OCO2. The summed E-state index contributed by atoms with van der Waals surface area (Å²) in [7, 11) is 0. The predicted molar refractivity (Wildman–Crippen MR) is 236 cm³/mol. The monoisotopic (exact) mass is 742 g/mol. The largest absolute Gasteiger partial charge is 0.468 e. The molecule has 6 aromatic rings. The number of anilines is 6. The van der Waals surface area contributed by atoms with Crippen LogP contribution in [0.25, 0.3) is 11.0 Å². The van der Waals surface area contributed by atoms with Crippen LogP contribution < -0.4 is 35.9 Å². The highest BCUT2D eigenvalue weighted by atomic mass is 16.7. The Morgan fingerprint density at radius 1 is 0.554 bits per heavy atom. The van der Waals surface area contributed by atoms with Crippen LogP contribution in [0.1, 0.15) is 107 Å². The number of hydrogen-bond acceptors (Lipinski definition) is 5. The number of aryl methyl sites for hydroxylation is 4. The summed E-state index contributed by atoms with van der Waals surface area (Å²) in [6.07, 6.45) is 0. The van der Waals surface area contributed by atoms with E-state index in [-0.39, 0.29) is 29.8 Å². The molecule has 0 radical (unpaired) electrons. The first-order valence-corrected chi connectivity index (χ1v) is 20.2. The van der Waals surface area contributed by atoms with Gasteiger partial charge >= 0.3 is 0 Å². The van der Waals surface area contributed by atoms with Gasteiger partial charge in [-0.2, -0.15) is 0 Å². The summed E-state index contributed by atoms with van der Waals surface area (Å²) >= 11 is 0.